The van der Waals surface area contributed by atoms with E-state index in [1.165, 1.54) is 44.9 Å². The summed E-state index contributed by atoms with van der Waals surface area (Å²) >= 11 is 0. The molecule has 23 heavy (non-hydrogen) atoms. The number of carbonyl (C=O) groups excluding carboxylic acids is 1. The molecule has 5 heteroatoms. The van der Waals surface area contributed by atoms with Crippen LogP contribution < -0.4 is 10.2 Å². The van der Waals surface area contributed by atoms with Crippen molar-refractivity contribution in [1.29, 1.82) is 0 Å². The molecular weight excluding hydrogens is 288 g/mol. The highest BCUT2D eigenvalue weighted by molar-refractivity contribution is 5.75. The first kappa shape index (κ1) is 16.2. The first-order chi connectivity index (χ1) is 11.3. The average molecular weight is 316 g/mol. The molecule has 1 aromatic rings. The Hall–Kier alpha value is -1.65. The number of anilines is 1. The number of amides is 1. The largest absolute Gasteiger partial charge is 0.350 e. The van der Waals surface area contributed by atoms with Gasteiger partial charge in [0, 0.05) is 25.7 Å². The summed E-state index contributed by atoms with van der Waals surface area (Å²) in [5.41, 5.74) is 0.896. The van der Waals surface area contributed by atoms with E-state index < -0.39 is 0 Å². The quantitative estimate of drug-likeness (QED) is 0.876. The van der Waals surface area contributed by atoms with Gasteiger partial charge in [-0.25, -0.2) is 9.97 Å². The average Bonchev–Trinajstić information content (AvgIpc) is 3.14. The van der Waals surface area contributed by atoms with Crippen molar-refractivity contribution in [2.45, 2.75) is 64.3 Å². The SMILES string of the molecule is O=C(CCC1CCCCC1)NCc1ccnc(N2CCCC2)n1. The summed E-state index contributed by atoms with van der Waals surface area (Å²) < 4.78 is 0. The van der Waals surface area contributed by atoms with E-state index in [9.17, 15) is 4.79 Å². The van der Waals surface area contributed by atoms with Crippen LogP contribution in [0.15, 0.2) is 12.3 Å². The smallest absolute Gasteiger partial charge is 0.225 e. The van der Waals surface area contributed by atoms with Gasteiger partial charge in [0.05, 0.1) is 12.2 Å². The van der Waals surface area contributed by atoms with Gasteiger partial charge in [-0.15, -0.1) is 0 Å². The van der Waals surface area contributed by atoms with Gasteiger partial charge in [0.25, 0.3) is 0 Å². The molecule has 1 saturated heterocycles. The van der Waals surface area contributed by atoms with Gasteiger partial charge in [-0.3, -0.25) is 4.79 Å². The van der Waals surface area contributed by atoms with E-state index in [-0.39, 0.29) is 5.91 Å². The molecule has 1 N–H and O–H groups in total. The lowest BCUT2D eigenvalue weighted by Gasteiger charge is -2.21. The van der Waals surface area contributed by atoms with Crippen molar-refractivity contribution in [3.8, 4) is 0 Å². The van der Waals surface area contributed by atoms with Crippen LogP contribution in [0.5, 0.6) is 0 Å². The van der Waals surface area contributed by atoms with Crippen LogP contribution in [0.25, 0.3) is 0 Å². The van der Waals surface area contributed by atoms with Crippen LogP contribution in [-0.4, -0.2) is 29.0 Å². The number of nitrogens with zero attached hydrogens (tertiary/aromatic N) is 3. The number of carbonyl (C=O) groups is 1. The van der Waals surface area contributed by atoms with E-state index in [1.807, 2.05) is 6.07 Å². The monoisotopic (exact) mass is 316 g/mol. The zero-order valence-corrected chi connectivity index (χ0v) is 14.0. The third-order valence-corrected chi connectivity index (χ3v) is 5.06. The minimum absolute atomic E-state index is 0.150. The Balaban J connectivity index is 1.42. The molecule has 5 nitrogen and oxygen atoms in total. The van der Waals surface area contributed by atoms with E-state index in [0.717, 1.165) is 37.1 Å². The standard InChI is InChI=1S/C18H28N4O/c23-17(9-8-15-6-2-1-3-7-15)20-14-16-10-11-19-18(21-16)22-12-4-5-13-22/h10-11,15H,1-9,12-14H2,(H,20,23). The third kappa shape index (κ3) is 4.91. The first-order valence-corrected chi connectivity index (χ1v) is 9.15. The van der Waals surface area contributed by atoms with Crippen molar-refractivity contribution in [3.05, 3.63) is 18.0 Å². The van der Waals surface area contributed by atoms with Crippen molar-refractivity contribution in [3.63, 3.8) is 0 Å². The highest BCUT2D eigenvalue weighted by Crippen LogP contribution is 2.27. The molecule has 0 spiro atoms. The lowest BCUT2D eigenvalue weighted by Crippen LogP contribution is -2.25. The lowest BCUT2D eigenvalue weighted by molar-refractivity contribution is -0.121. The van der Waals surface area contributed by atoms with Crippen molar-refractivity contribution < 1.29 is 4.79 Å². The summed E-state index contributed by atoms with van der Waals surface area (Å²) in [6, 6.07) is 1.89. The van der Waals surface area contributed by atoms with Crippen LogP contribution in [0, 0.1) is 5.92 Å². The lowest BCUT2D eigenvalue weighted by atomic mass is 9.86. The molecule has 1 saturated carbocycles. The van der Waals surface area contributed by atoms with Gasteiger partial charge in [0.2, 0.25) is 11.9 Å². The van der Waals surface area contributed by atoms with Crippen LogP contribution in [0.1, 0.15) is 63.5 Å². The Morgan fingerprint density at radius 1 is 1.17 bits per heavy atom. The molecule has 2 aliphatic rings. The van der Waals surface area contributed by atoms with Gasteiger partial charge in [-0.05, 0) is 31.2 Å². The third-order valence-electron chi connectivity index (χ3n) is 5.06. The van der Waals surface area contributed by atoms with Crippen molar-refractivity contribution in [2.24, 2.45) is 5.92 Å². The maximum Gasteiger partial charge on any atom is 0.225 e. The minimum atomic E-state index is 0.150. The second-order valence-corrected chi connectivity index (χ2v) is 6.86. The highest BCUT2D eigenvalue weighted by Gasteiger charge is 2.16. The molecule has 1 aliphatic carbocycles. The highest BCUT2D eigenvalue weighted by atomic mass is 16.1. The molecule has 1 amide bonds. The molecule has 0 unspecified atom stereocenters. The van der Waals surface area contributed by atoms with Crippen LogP contribution in [-0.2, 0) is 11.3 Å². The predicted molar refractivity (Wildman–Crippen MR) is 91.1 cm³/mol. The number of hydrogen-bond acceptors (Lipinski definition) is 4. The van der Waals surface area contributed by atoms with E-state index in [2.05, 4.69) is 20.2 Å². The summed E-state index contributed by atoms with van der Waals surface area (Å²) in [5, 5.41) is 3.01. The molecule has 1 aliphatic heterocycles. The van der Waals surface area contributed by atoms with Crippen LogP contribution in [0.3, 0.4) is 0 Å². The van der Waals surface area contributed by atoms with Crippen molar-refractivity contribution in [2.75, 3.05) is 18.0 Å². The zero-order chi connectivity index (χ0) is 15.9. The fraction of sp³-hybridized carbons (Fsp3) is 0.722. The summed E-state index contributed by atoms with van der Waals surface area (Å²) in [7, 11) is 0. The normalized spacial score (nSPS) is 19.0. The summed E-state index contributed by atoms with van der Waals surface area (Å²) in [4.78, 5) is 23.2. The Labute approximate surface area is 138 Å². The molecule has 3 rings (SSSR count). The Morgan fingerprint density at radius 3 is 2.74 bits per heavy atom. The Kier molecular flexibility index (Phi) is 5.83. The van der Waals surface area contributed by atoms with E-state index in [0.29, 0.717) is 13.0 Å². The Bertz CT molecular complexity index is 507. The number of hydrogen-bond donors (Lipinski definition) is 1. The fourth-order valence-electron chi connectivity index (χ4n) is 3.64. The molecule has 2 fully saturated rings. The minimum Gasteiger partial charge on any atom is -0.350 e. The summed E-state index contributed by atoms with van der Waals surface area (Å²) in [6.45, 7) is 2.58. The van der Waals surface area contributed by atoms with Gasteiger partial charge in [0.15, 0.2) is 0 Å². The van der Waals surface area contributed by atoms with Gasteiger partial charge < -0.3 is 10.2 Å². The van der Waals surface area contributed by atoms with Gasteiger partial charge >= 0.3 is 0 Å². The fourth-order valence-corrected chi connectivity index (χ4v) is 3.64. The Morgan fingerprint density at radius 2 is 1.96 bits per heavy atom. The molecule has 2 heterocycles. The zero-order valence-electron chi connectivity index (χ0n) is 14.0. The van der Waals surface area contributed by atoms with Crippen molar-refractivity contribution in [1.82, 2.24) is 15.3 Å². The summed E-state index contributed by atoms with van der Waals surface area (Å²) in [5.74, 6) is 1.71. The predicted octanol–water partition coefficient (Wildman–Crippen LogP) is 3.05. The van der Waals surface area contributed by atoms with Crippen molar-refractivity contribution >= 4 is 11.9 Å². The molecular formula is C18H28N4O. The molecule has 0 bridgehead atoms. The first-order valence-electron chi connectivity index (χ1n) is 9.15. The number of nitrogens with one attached hydrogen (secondary N) is 1. The maximum absolute atomic E-state index is 12.0. The molecule has 0 radical (unpaired) electrons. The second kappa shape index (κ2) is 8.27. The second-order valence-electron chi connectivity index (χ2n) is 6.86. The number of rotatable bonds is 6. The molecule has 1 aromatic heterocycles. The molecule has 0 atom stereocenters. The van der Waals surface area contributed by atoms with E-state index >= 15 is 0 Å². The molecule has 126 valence electrons. The summed E-state index contributed by atoms with van der Waals surface area (Å²) in [6.07, 6.45) is 12.6. The van der Waals surface area contributed by atoms with Gasteiger partial charge in [-0.1, -0.05) is 32.1 Å². The van der Waals surface area contributed by atoms with Gasteiger partial charge in [-0.2, -0.15) is 0 Å². The van der Waals surface area contributed by atoms with Gasteiger partial charge in [0.1, 0.15) is 0 Å². The van der Waals surface area contributed by atoms with E-state index in [1.54, 1.807) is 6.20 Å². The van der Waals surface area contributed by atoms with Crippen LogP contribution in [0.4, 0.5) is 5.95 Å². The van der Waals surface area contributed by atoms with E-state index in [4.69, 9.17) is 0 Å². The van der Waals surface area contributed by atoms with Crippen LogP contribution >= 0.6 is 0 Å². The topological polar surface area (TPSA) is 58.1 Å². The maximum atomic E-state index is 12.0. The van der Waals surface area contributed by atoms with Crippen LogP contribution in [0.2, 0.25) is 0 Å². The number of aromatic nitrogens is 2. The molecule has 0 aromatic carbocycles.